The lowest BCUT2D eigenvalue weighted by Gasteiger charge is -2.18. The van der Waals surface area contributed by atoms with Crippen LogP contribution in [0, 0.1) is 5.82 Å². The van der Waals surface area contributed by atoms with Crippen molar-refractivity contribution in [3.63, 3.8) is 0 Å². The summed E-state index contributed by atoms with van der Waals surface area (Å²) in [5, 5.41) is 21.3. The molecule has 18 heavy (non-hydrogen) atoms. The second-order valence-electron chi connectivity index (χ2n) is 4.08. The minimum atomic E-state index is -0.777. The van der Waals surface area contributed by atoms with Crippen molar-refractivity contribution in [3.8, 4) is 0 Å². The summed E-state index contributed by atoms with van der Waals surface area (Å²) in [6.45, 7) is 4.37. The Hall–Kier alpha value is -0.620. The SMILES string of the molecule is CCNC(C)c1c(F)cccc1SCC(O)CO. The second kappa shape index (κ2) is 7.74. The van der Waals surface area contributed by atoms with Crippen molar-refractivity contribution in [2.45, 2.75) is 30.9 Å². The molecule has 3 nitrogen and oxygen atoms in total. The number of hydrogen-bond donors (Lipinski definition) is 3. The molecule has 102 valence electrons. The van der Waals surface area contributed by atoms with Crippen molar-refractivity contribution in [2.75, 3.05) is 18.9 Å². The fourth-order valence-corrected chi connectivity index (χ4v) is 2.79. The molecule has 5 heteroatoms. The van der Waals surface area contributed by atoms with Crippen LogP contribution in [0.25, 0.3) is 0 Å². The molecule has 0 radical (unpaired) electrons. The normalized spacial score (nSPS) is 14.5. The second-order valence-corrected chi connectivity index (χ2v) is 5.14. The van der Waals surface area contributed by atoms with Crippen LogP contribution in [0.15, 0.2) is 23.1 Å². The summed E-state index contributed by atoms with van der Waals surface area (Å²) in [7, 11) is 0. The first-order chi connectivity index (χ1) is 8.60. The van der Waals surface area contributed by atoms with E-state index in [0.717, 1.165) is 11.4 Å². The highest BCUT2D eigenvalue weighted by atomic mass is 32.2. The molecule has 2 unspecified atom stereocenters. The third kappa shape index (κ3) is 4.24. The van der Waals surface area contributed by atoms with Gasteiger partial charge in [0.05, 0.1) is 12.7 Å². The molecule has 2 atom stereocenters. The van der Waals surface area contributed by atoms with Gasteiger partial charge < -0.3 is 15.5 Å². The molecule has 1 aromatic carbocycles. The summed E-state index contributed by atoms with van der Waals surface area (Å²) < 4.78 is 13.9. The Labute approximate surface area is 111 Å². The average Bonchev–Trinajstić information content (AvgIpc) is 2.36. The number of rotatable bonds is 7. The van der Waals surface area contributed by atoms with Gasteiger partial charge in [0.25, 0.3) is 0 Å². The van der Waals surface area contributed by atoms with Gasteiger partial charge in [-0.3, -0.25) is 0 Å². The lowest BCUT2D eigenvalue weighted by molar-refractivity contribution is 0.113. The van der Waals surface area contributed by atoms with Gasteiger partial charge in [0.15, 0.2) is 0 Å². The van der Waals surface area contributed by atoms with Crippen LogP contribution in [-0.4, -0.2) is 35.2 Å². The molecule has 0 aliphatic heterocycles. The highest BCUT2D eigenvalue weighted by Gasteiger charge is 2.16. The zero-order valence-electron chi connectivity index (χ0n) is 10.7. The van der Waals surface area contributed by atoms with E-state index >= 15 is 0 Å². The molecule has 3 N–H and O–H groups in total. The van der Waals surface area contributed by atoms with Gasteiger partial charge >= 0.3 is 0 Å². The van der Waals surface area contributed by atoms with Crippen LogP contribution in [0.1, 0.15) is 25.5 Å². The van der Waals surface area contributed by atoms with E-state index in [-0.39, 0.29) is 18.5 Å². The van der Waals surface area contributed by atoms with Gasteiger partial charge in [-0.15, -0.1) is 11.8 Å². The quantitative estimate of drug-likeness (QED) is 0.665. The highest BCUT2D eigenvalue weighted by molar-refractivity contribution is 7.99. The van der Waals surface area contributed by atoms with E-state index in [4.69, 9.17) is 5.11 Å². The van der Waals surface area contributed by atoms with E-state index in [1.54, 1.807) is 6.07 Å². The molecular formula is C13H20FNO2S. The standard InChI is InChI=1S/C13H20FNO2S/c1-3-15-9(2)13-11(14)5-4-6-12(13)18-8-10(17)7-16/h4-6,9-10,15-17H,3,7-8H2,1-2H3. The van der Waals surface area contributed by atoms with Crippen molar-refractivity contribution < 1.29 is 14.6 Å². The fraction of sp³-hybridized carbons (Fsp3) is 0.538. The smallest absolute Gasteiger partial charge is 0.129 e. The first-order valence-electron chi connectivity index (χ1n) is 6.03. The molecule has 0 amide bonds. The van der Waals surface area contributed by atoms with Crippen LogP contribution in [0.4, 0.5) is 4.39 Å². The van der Waals surface area contributed by atoms with Crippen molar-refractivity contribution in [1.29, 1.82) is 0 Å². The molecule has 0 aliphatic rings. The molecule has 1 rings (SSSR count). The number of aliphatic hydroxyl groups is 2. The molecule has 0 aliphatic carbocycles. The molecule has 0 bridgehead atoms. The van der Waals surface area contributed by atoms with E-state index in [9.17, 15) is 9.50 Å². The summed E-state index contributed by atoms with van der Waals surface area (Å²) in [5.74, 6) is 0.109. The van der Waals surface area contributed by atoms with Crippen molar-refractivity contribution in [3.05, 3.63) is 29.6 Å². The molecule has 0 saturated heterocycles. The fourth-order valence-electron chi connectivity index (χ4n) is 1.71. The minimum absolute atomic E-state index is 0.0787. The van der Waals surface area contributed by atoms with E-state index in [1.807, 2.05) is 19.9 Å². The average molecular weight is 273 g/mol. The lowest BCUT2D eigenvalue weighted by atomic mass is 10.1. The van der Waals surface area contributed by atoms with Crippen molar-refractivity contribution in [1.82, 2.24) is 5.32 Å². The maximum atomic E-state index is 13.9. The van der Waals surface area contributed by atoms with Crippen molar-refractivity contribution >= 4 is 11.8 Å². The molecule has 0 heterocycles. The van der Waals surface area contributed by atoms with E-state index < -0.39 is 6.10 Å². The number of aliphatic hydroxyl groups excluding tert-OH is 2. The predicted molar refractivity (Wildman–Crippen MR) is 72.3 cm³/mol. The molecule has 0 saturated carbocycles. The monoisotopic (exact) mass is 273 g/mol. The largest absolute Gasteiger partial charge is 0.394 e. The maximum Gasteiger partial charge on any atom is 0.129 e. The van der Waals surface area contributed by atoms with Crippen LogP contribution < -0.4 is 5.32 Å². The Morgan fingerprint density at radius 2 is 2.17 bits per heavy atom. The summed E-state index contributed by atoms with van der Waals surface area (Å²) in [4.78, 5) is 0.802. The molecular weight excluding hydrogens is 253 g/mol. The lowest BCUT2D eigenvalue weighted by Crippen LogP contribution is -2.20. The number of halogens is 1. The third-order valence-corrected chi connectivity index (χ3v) is 3.82. The first kappa shape index (κ1) is 15.4. The Morgan fingerprint density at radius 1 is 1.44 bits per heavy atom. The zero-order valence-corrected chi connectivity index (χ0v) is 11.5. The van der Waals surface area contributed by atoms with Gasteiger partial charge in [-0.25, -0.2) is 4.39 Å². The summed E-state index contributed by atoms with van der Waals surface area (Å²) in [6.07, 6.45) is -0.777. The van der Waals surface area contributed by atoms with Gasteiger partial charge in [-0.05, 0) is 25.6 Å². The van der Waals surface area contributed by atoms with Gasteiger partial charge in [-0.2, -0.15) is 0 Å². The predicted octanol–water partition coefficient (Wildman–Crippen LogP) is 1.94. The first-order valence-corrected chi connectivity index (χ1v) is 7.02. The van der Waals surface area contributed by atoms with Gasteiger partial charge in [0, 0.05) is 22.3 Å². The van der Waals surface area contributed by atoms with Crippen LogP contribution in [-0.2, 0) is 0 Å². The number of benzene rings is 1. The van der Waals surface area contributed by atoms with E-state index in [0.29, 0.717) is 11.3 Å². The van der Waals surface area contributed by atoms with Crippen LogP contribution in [0.3, 0.4) is 0 Å². The molecule has 1 aromatic rings. The summed E-state index contributed by atoms with van der Waals surface area (Å²) >= 11 is 1.36. The third-order valence-electron chi connectivity index (χ3n) is 2.60. The van der Waals surface area contributed by atoms with E-state index in [1.165, 1.54) is 17.8 Å². The van der Waals surface area contributed by atoms with Gasteiger partial charge in [-0.1, -0.05) is 13.0 Å². The Morgan fingerprint density at radius 3 is 2.78 bits per heavy atom. The molecule has 0 fully saturated rings. The Kier molecular flexibility index (Phi) is 6.63. The highest BCUT2D eigenvalue weighted by Crippen LogP contribution is 2.30. The maximum absolute atomic E-state index is 13.9. The van der Waals surface area contributed by atoms with Crippen LogP contribution in [0.2, 0.25) is 0 Å². The number of nitrogens with one attached hydrogen (secondary N) is 1. The van der Waals surface area contributed by atoms with E-state index in [2.05, 4.69) is 5.32 Å². The van der Waals surface area contributed by atoms with Gasteiger partial charge in [0.2, 0.25) is 0 Å². The summed E-state index contributed by atoms with van der Waals surface area (Å²) in [6, 6.07) is 4.85. The topological polar surface area (TPSA) is 52.5 Å². The van der Waals surface area contributed by atoms with Gasteiger partial charge in [0.1, 0.15) is 5.82 Å². The zero-order chi connectivity index (χ0) is 13.5. The van der Waals surface area contributed by atoms with Crippen molar-refractivity contribution in [2.24, 2.45) is 0 Å². The van der Waals surface area contributed by atoms with Crippen LogP contribution in [0.5, 0.6) is 0 Å². The minimum Gasteiger partial charge on any atom is -0.394 e. The van der Waals surface area contributed by atoms with Crippen LogP contribution >= 0.6 is 11.8 Å². The Balaban J connectivity index is 2.86. The molecule has 0 spiro atoms. The molecule has 0 aromatic heterocycles. The Bertz CT molecular complexity index is 376. The summed E-state index contributed by atoms with van der Waals surface area (Å²) in [5.41, 5.74) is 0.620. The number of thioether (sulfide) groups is 1. The number of hydrogen-bond acceptors (Lipinski definition) is 4.